The van der Waals surface area contributed by atoms with Gasteiger partial charge in [0.1, 0.15) is 4.60 Å². The largest absolute Gasteiger partial charge is 0.493 e. The van der Waals surface area contributed by atoms with E-state index in [0.717, 1.165) is 0 Å². The lowest BCUT2D eigenvalue weighted by molar-refractivity contribution is 0.146. The monoisotopic (exact) mass is 335 g/mol. The van der Waals surface area contributed by atoms with Crippen LogP contribution in [0, 0.1) is 0 Å². The van der Waals surface area contributed by atoms with Crippen LogP contribution in [-0.2, 0) is 9.05 Å². The summed E-state index contributed by atoms with van der Waals surface area (Å²) >= 11 is 2.83. The summed E-state index contributed by atoms with van der Waals surface area (Å²) in [5, 5.41) is -0.655. The molecule has 1 rings (SSSR count). The molecule has 0 atom stereocenters. The zero-order valence-corrected chi connectivity index (χ0v) is 10.9. The second kappa shape index (κ2) is 4.80. The number of nitrogens with zero attached hydrogens (tertiary/aromatic N) is 1. The number of ether oxygens (including phenoxy) is 1. The Morgan fingerprint density at radius 1 is 1.56 bits per heavy atom. The second-order valence-corrected chi connectivity index (χ2v) is 5.88. The van der Waals surface area contributed by atoms with Gasteiger partial charge < -0.3 is 4.74 Å². The van der Waals surface area contributed by atoms with Crippen LogP contribution in [0.1, 0.15) is 12.0 Å². The molecule has 0 bridgehead atoms. The average molecular weight is 337 g/mol. The van der Waals surface area contributed by atoms with Gasteiger partial charge in [-0.05, 0) is 22.0 Å². The van der Waals surface area contributed by atoms with Crippen LogP contribution in [-0.4, -0.2) is 20.5 Å². The lowest BCUT2D eigenvalue weighted by atomic mass is 10.2. The number of pyridine rings is 1. The minimum Gasteiger partial charge on any atom is -0.493 e. The summed E-state index contributed by atoms with van der Waals surface area (Å²) in [6.45, 7) is 0. The van der Waals surface area contributed by atoms with E-state index in [9.17, 15) is 17.2 Å². The molecule has 0 saturated carbocycles. The van der Waals surface area contributed by atoms with E-state index in [0.29, 0.717) is 6.07 Å². The van der Waals surface area contributed by atoms with Crippen LogP contribution in [0.5, 0.6) is 5.75 Å². The zero-order chi connectivity index (χ0) is 12.5. The number of alkyl halides is 2. The van der Waals surface area contributed by atoms with E-state index in [-0.39, 0.29) is 10.4 Å². The molecule has 4 nitrogen and oxygen atoms in total. The third-order valence-electron chi connectivity index (χ3n) is 1.63. The Bertz CT molecular complexity index is 509. The first-order chi connectivity index (χ1) is 7.27. The van der Waals surface area contributed by atoms with E-state index in [4.69, 9.17) is 10.7 Å². The van der Waals surface area contributed by atoms with Crippen LogP contribution in [0.15, 0.2) is 15.7 Å². The summed E-state index contributed by atoms with van der Waals surface area (Å²) in [6.07, 6.45) is -2.90. The molecule has 0 aliphatic carbocycles. The van der Waals surface area contributed by atoms with Gasteiger partial charge in [-0.15, -0.1) is 0 Å². The normalized spacial score (nSPS) is 11.9. The van der Waals surface area contributed by atoms with Gasteiger partial charge in [-0.3, -0.25) is 0 Å². The van der Waals surface area contributed by atoms with Gasteiger partial charge in [0.2, 0.25) is 0 Å². The number of rotatable bonds is 3. The highest BCUT2D eigenvalue weighted by Gasteiger charge is 2.23. The van der Waals surface area contributed by atoms with Gasteiger partial charge in [0, 0.05) is 10.7 Å². The van der Waals surface area contributed by atoms with Crippen LogP contribution in [0.4, 0.5) is 8.78 Å². The van der Waals surface area contributed by atoms with Gasteiger partial charge in [-0.2, -0.15) is 0 Å². The van der Waals surface area contributed by atoms with Crippen molar-refractivity contribution in [1.29, 1.82) is 0 Å². The molecule has 1 aromatic rings. The summed E-state index contributed by atoms with van der Waals surface area (Å²) in [6, 6.07) is 0.677. The fourth-order valence-electron chi connectivity index (χ4n) is 0.987. The van der Waals surface area contributed by atoms with Crippen molar-refractivity contribution < 1.29 is 21.9 Å². The molecule has 0 fully saturated rings. The molecule has 0 N–H and O–H groups in total. The molecule has 0 unspecified atom stereocenters. The van der Waals surface area contributed by atoms with Crippen molar-refractivity contribution in [3.05, 3.63) is 16.2 Å². The molecule has 9 heteroatoms. The third-order valence-corrected chi connectivity index (χ3v) is 3.35. The molecule has 0 aromatic carbocycles. The summed E-state index contributed by atoms with van der Waals surface area (Å²) in [4.78, 5) is 3.50. The summed E-state index contributed by atoms with van der Waals surface area (Å²) in [7, 11) is 2.01. The molecule has 0 radical (unpaired) electrons. The van der Waals surface area contributed by atoms with Crippen LogP contribution in [0.25, 0.3) is 0 Å². The van der Waals surface area contributed by atoms with E-state index >= 15 is 0 Å². The van der Waals surface area contributed by atoms with E-state index in [1.807, 2.05) is 0 Å². The fraction of sp³-hybridized carbons (Fsp3) is 0.286. The predicted molar refractivity (Wildman–Crippen MR) is 56.5 cm³/mol. The van der Waals surface area contributed by atoms with E-state index < -0.39 is 26.1 Å². The van der Waals surface area contributed by atoms with Crippen molar-refractivity contribution in [3.8, 4) is 5.75 Å². The Labute approximate surface area is 103 Å². The summed E-state index contributed by atoms with van der Waals surface area (Å²) < 4.78 is 51.6. The van der Waals surface area contributed by atoms with Crippen LogP contribution >= 0.6 is 26.6 Å². The van der Waals surface area contributed by atoms with Gasteiger partial charge in [0.25, 0.3) is 15.5 Å². The maximum absolute atomic E-state index is 12.6. The zero-order valence-electron chi connectivity index (χ0n) is 7.75. The number of hydrogen-bond acceptors (Lipinski definition) is 4. The molecule has 0 aliphatic heterocycles. The lowest BCUT2D eigenvalue weighted by Gasteiger charge is -2.10. The molecule has 0 amide bonds. The Morgan fingerprint density at radius 2 is 2.12 bits per heavy atom. The highest BCUT2D eigenvalue weighted by atomic mass is 79.9. The first-order valence-electron chi connectivity index (χ1n) is 3.74. The van der Waals surface area contributed by atoms with Crippen molar-refractivity contribution >= 4 is 35.7 Å². The molecule has 0 aliphatic rings. The Balaban J connectivity index is 3.52. The SMILES string of the molecule is COc1c(C(F)F)cc(S(=O)(=O)Cl)nc1Br. The molecule has 90 valence electrons. The van der Waals surface area contributed by atoms with Gasteiger partial charge in [-0.1, -0.05) is 0 Å². The van der Waals surface area contributed by atoms with Crippen LogP contribution < -0.4 is 4.74 Å². The molecule has 16 heavy (non-hydrogen) atoms. The average Bonchev–Trinajstić information content (AvgIpc) is 2.14. The van der Waals surface area contributed by atoms with Crippen molar-refractivity contribution in [3.63, 3.8) is 0 Å². The van der Waals surface area contributed by atoms with Crippen molar-refractivity contribution in [2.45, 2.75) is 11.5 Å². The molecule has 0 spiro atoms. The Kier molecular flexibility index (Phi) is 4.08. The van der Waals surface area contributed by atoms with Crippen molar-refractivity contribution in [2.75, 3.05) is 7.11 Å². The molecular weight excluding hydrogens is 332 g/mol. The number of hydrogen-bond donors (Lipinski definition) is 0. The molecule has 0 saturated heterocycles. The van der Waals surface area contributed by atoms with E-state index in [1.165, 1.54) is 7.11 Å². The number of aromatic nitrogens is 1. The predicted octanol–water partition coefficient (Wildman–Crippen LogP) is 2.72. The summed E-state index contributed by atoms with van der Waals surface area (Å²) in [5.41, 5.74) is -0.594. The standard InChI is InChI=1S/C7H5BrClF2NO3S/c1-15-5-3(7(10)11)2-4(12-6(5)8)16(9,13)14/h2,7H,1H3. The van der Waals surface area contributed by atoms with Crippen LogP contribution in [0.3, 0.4) is 0 Å². The maximum atomic E-state index is 12.6. The lowest BCUT2D eigenvalue weighted by Crippen LogP contribution is -2.02. The van der Waals surface area contributed by atoms with E-state index in [1.54, 1.807) is 0 Å². The molecule has 1 aromatic heterocycles. The fourth-order valence-corrected chi connectivity index (χ4v) is 2.39. The number of halogens is 4. The maximum Gasteiger partial charge on any atom is 0.278 e. The first-order valence-corrected chi connectivity index (χ1v) is 6.85. The topological polar surface area (TPSA) is 56.3 Å². The first kappa shape index (κ1) is 13.6. The Hall–Kier alpha value is -0.470. The van der Waals surface area contributed by atoms with Crippen molar-refractivity contribution in [1.82, 2.24) is 4.98 Å². The van der Waals surface area contributed by atoms with Gasteiger partial charge in [0.05, 0.1) is 12.7 Å². The smallest absolute Gasteiger partial charge is 0.278 e. The number of methoxy groups -OCH3 is 1. The Morgan fingerprint density at radius 3 is 2.50 bits per heavy atom. The van der Waals surface area contributed by atoms with E-state index in [2.05, 4.69) is 25.7 Å². The highest BCUT2D eigenvalue weighted by molar-refractivity contribution is 9.10. The van der Waals surface area contributed by atoms with Gasteiger partial charge >= 0.3 is 0 Å². The highest BCUT2D eigenvalue weighted by Crippen LogP contribution is 2.36. The second-order valence-electron chi connectivity index (χ2n) is 2.61. The minimum atomic E-state index is -4.16. The third kappa shape index (κ3) is 2.80. The van der Waals surface area contributed by atoms with Gasteiger partial charge in [0.15, 0.2) is 10.8 Å². The summed E-state index contributed by atoms with van der Waals surface area (Å²) in [5.74, 6) is -0.223. The van der Waals surface area contributed by atoms with Crippen molar-refractivity contribution in [2.24, 2.45) is 0 Å². The van der Waals surface area contributed by atoms with Crippen LogP contribution in [0.2, 0.25) is 0 Å². The quantitative estimate of drug-likeness (QED) is 0.629. The molecule has 1 heterocycles. The minimum absolute atomic E-state index is 0.146. The van der Waals surface area contributed by atoms with Gasteiger partial charge in [-0.25, -0.2) is 22.2 Å². The molecular formula is C7H5BrClF2NO3S.